The molecular formula is C18H19Cl2N3O6. The Kier molecular flexibility index (Phi) is 8.29. The molecule has 0 spiro atoms. The second-order valence-corrected chi connectivity index (χ2v) is 6.55. The molecule has 11 heteroatoms. The van der Waals surface area contributed by atoms with Crippen molar-refractivity contribution in [3.05, 3.63) is 39.4 Å². The molecule has 9 nitrogen and oxygen atoms in total. The standard InChI is InChI=1S/C18H19Cl2N3O6/c1-4-26-18(25)14-15(21-10-23(2)3)29-22-16(14)27-7-8-28-17(24)12-6-5-11(19)9-13(12)20/h5-6,9-10H,4,7-8H2,1-3H3/b21-10+. The van der Waals surface area contributed by atoms with Gasteiger partial charge in [-0.25, -0.2) is 14.6 Å². The molecule has 0 radical (unpaired) electrons. The number of hydrogen-bond acceptors (Lipinski definition) is 8. The van der Waals surface area contributed by atoms with Crippen LogP contribution >= 0.6 is 23.2 Å². The van der Waals surface area contributed by atoms with E-state index in [-0.39, 0.29) is 47.7 Å². The highest BCUT2D eigenvalue weighted by molar-refractivity contribution is 6.36. The van der Waals surface area contributed by atoms with Gasteiger partial charge in [0.05, 0.1) is 23.5 Å². The fourth-order valence-corrected chi connectivity index (χ4v) is 2.49. The molecule has 0 saturated carbocycles. The number of aliphatic imine (C=N–C) groups is 1. The van der Waals surface area contributed by atoms with Crippen molar-refractivity contribution in [2.24, 2.45) is 4.99 Å². The lowest BCUT2D eigenvalue weighted by molar-refractivity contribution is 0.0434. The Labute approximate surface area is 177 Å². The molecule has 2 aromatic rings. The largest absolute Gasteiger partial charge is 0.471 e. The zero-order valence-electron chi connectivity index (χ0n) is 16.0. The maximum Gasteiger partial charge on any atom is 0.349 e. The van der Waals surface area contributed by atoms with Crippen LogP contribution in [-0.4, -0.2) is 62.2 Å². The number of hydrogen-bond donors (Lipinski definition) is 0. The number of carbonyl (C=O) groups excluding carboxylic acids is 2. The zero-order valence-corrected chi connectivity index (χ0v) is 17.5. The van der Waals surface area contributed by atoms with Crippen LogP contribution in [0.1, 0.15) is 27.6 Å². The molecule has 0 saturated heterocycles. The Morgan fingerprint density at radius 2 is 1.97 bits per heavy atom. The van der Waals surface area contributed by atoms with Gasteiger partial charge >= 0.3 is 11.9 Å². The smallest absolute Gasteiger partial charge is 0.349 e. The fraction of sp³-hybridized carbons (Fsp3) is 0.333. The van der Waals surface area contributed by atoms with Crippen molar-refractivity contribution in [2.75, 3.05) is 33.9 Å². The van der Waals surface area contributed by atoms with Gasteiger partial charge < -0.3 is 23.6 Å². The van der Waals surface area contributed by atoms with Crippen LogP contribution in [0.5, 0.6) is 5.88 Å². The molecule has 1 aromatic carbocycles. The number of rotatable bonds is 9. The van der Waals surface area contributed by atoms with Crippen molar-refractivity contribution in [3.63, 3.8) is 0 Å². The van der Waals surface area contributed by atoms with E-state index in [2.05, 4.69) is 10.1 Å². The van der Waals surface area contributed by atoms with Crippen molar-refractivity contribution >= 4 is 47.4 Å². The Morgan fingerprint density at radius 3 is 2.62 bits per heavy atom. The van der Waals surface area contributed by atoms with Gasteiger partial charge in [-0.2, -0.15) is 0 Å². The van der Waals surface area contributed by atoms with E-state index >= 15 is 0 Å². The summed E-state index contributed by atoms with van der Waals surface area (Å²) in [5.41, 5.74) is 0.113. The van der Waals surface area contributed by atoms with Gasteiger partial charge in [-0.15, -0.1) is 0 Å². The van der Waals surface area contributed by atoms with Gasteiger partial charge in [-0.1, -0.05) is 23.2 Å². The first-order valence-electron chi connectivity index (χ1n) is 8.45. The fourth-order valence-electron chi connectivity index (χ4n) is 2.01. The molecule has 0 N–H and O–H groups in total. The van der Waals surface area contributed by atoms with Gasteiger partial charge in [0.1, 0.15) is 13.2 Å². The minimum atomic E-state index is -0.695. The molecule has 2 rings (SSSR count). The first-order valence-corrected chi connectivity index (χ1v) is 9.21. The quantitative estimate of drug-likeness (QED) is 0.250. The first kappa shape index (κ1) is 22.5. The Balaban J connectivity index is 2.00. The van der Waals surface area contributed by atoms with Crippen LogP contribution in [0.3, 0.4) is 0 Å². The summed E-state index contributed by atoms with van der Waals surface area (Å²) < 4.78 is 20.5. The summed E-state index contributed by atoms with van der Waals surface area (Å²) in [4.78, 5) is 29.9. The van der Waals surface area contributed by atoms with E-state index in [1.54, 1.807) is 25.9 Å². The Bertz CT molecular complexity index is 898. The number of benzene rings is 1. The molecule has 0 aliphatic heterocycles. The summed E-state index contributed by atoms with van der Waals surface area (Å²) in [5.74, 6) is -1.51. The Morgan fingerprint density at radius 1 is 1.21 bits per heavy atom. The molecule has 0 aliphatic rings. The van der Waals surface area contributed by atoms with Crippen LogP contribution in [0.15, 0.2) is 27.7 Å². The third kappa shape index (κ3) is 6.37. The molecule has 29 heavy (non-hydrogen) atoms. The lowest BCUT2D eigenvalue weighted by Gasteiger charge is -2.08. The van der Waals surface area contributed by atoms with E-state index in [0.717, 1.165) is 0 Å². The minimum Gasteiger partial charge on any atom is -0.471 e. The average Bonchev–Trinajstić information content (AvgIpc) is 3.06. The number of carbonyl (C=O) groups is 2. The van der Waals surface area contributed by atoms with Crippen LogP contribution in [-0.2, 0) is 9.47 Å². The van der Waals surface area contributed by atoms with Crippen molar-refractivity contribution < 1.29 is 28.3 Å². The summed E-state index contributed by atoms with van der Waals surface area (Å²) in [6.07, 6.45) is 1.44. The highest BCUT2D eigenvalue weighted by atomic mass is 35.5. The van der Waals surface area contributed by atoms with Gasteiger partial charge in [0.2, 0.25) is 0 Å². The summed E-state index contributed by atoms with van der Waals surface area (Å²) >= 11 is 11.8. The SMILES string of the molecule is CCOC(=O)c1c(OCCOC(=O)c2ccc(Cl)cc2Cl)noc1/N=C/N(C)C. The van der Waals surface area contributed by atoms with E-state index in [1.165, 1.54) is 24.5 Å². The molecule has 156 valence electrons. The van der Waals surface area contributed by atoms with Crippen molar-refractivity contribution in [2.45, 2.75) is 6.92 Å². The average molecular weight is 444 g/mol. The number of nitrogens with zero attached hydrogens (tertiary/aromatic N) is 3. The van der Waals surface area contributed by atoms with Crippen LogP contribution < -0.4 is 4.74 Å². The highest BCUT2D eigenvalue weighted by Crippen LogP contribution is 2.29. The van der Waals surface area contributed by atoms with E-state index in [9.17, 15) is 9.59 Å². The molecule has 0 atom stereocenters. The molecule has 1 heterocycles. The van der Waals surface area contributed by atoms with E-state index in [4.69, 9.17) is 41.9 Å². The molecule has 1 aromatic heterocycles. The van der Waals surface area contributed by atoms with Gasteiger partial charge in [0.25, 0.3) is 11.8 Å². The highest BCUT2D eigenvalue weighted by Gasteiger charge is 2.26. The maximum atomic E-state index is 12.2. The lowest BCUT2D eigenvalue weighted by atomic mass is 10.2. The number of esters is 2. The molecule has 0 amide bonds. The molecule has 0 aliphatic carbocycles. The number of ether oxygens (including phenoxy) is 3. The van der Waals surface area contributed by atoms with Gasteiger partial charge in [-0.3, -0.25) is 0 Å². The van der Waals surface area contributed by atoms with Gasteiger partial charge in [-0.05, 0) is 30.3 Å². The summed E-state index contributed by atoms with van der Waals surface area (Å²) in [7, 11) is 3.51. The first-order chi connectivity index (χ1) is 13.8. The van der Waals surface area contributed by atoms with E-state index in [0.29, 0.717) is 5.02 Å². The van der Waals surface area contributed by atoms with Crippen LogP contribution in [0.25, 0.3) is 0 Å². The molecular weight excluding hydrogens is 425 g/mol. The monoisotopic (exact) mass is 443 g/mol. The topological polar surface area (TPSA) is 103 Å². The third-order valence-electron chi connectivity index (χ3n) is 3.23. The second kappa shape index (κ2) is 10.7. The van der Waals surface area contributed by atoms with Gasteiger partial charge in [0.15, 0.2) is 5.56 Å². The van der Waals surface area contributed by atoms with Gasteiger partial charge in [0, 0.05) is 19.1 Å². The summed E-state index contributed by atoms with van der Waals surface area (Å²) in [6, 6.07) is 4.42. The predicted molar refractivity (Wildman–Crippen MR) is 107 cm³/mol. The molecule has 0 unspecified atom stereocenters. The maximum absolute atomic E-state index is 12.2. The number of halogens is 2. The van der Waals surface area contributed by atoms with Crippen LogP contribution in [0, 0.1) is 0 Å². The van der Waals surface area contributed by atoms with Crippen LogP contribution in [0.4, 0.5) is 5.88 Å². The normalized spacial score (nSPS) is 10.8. The van der Waals surface area contributed by atoms with Crippen LogP contribution in [0.2, 0.25) is 10.0 Å². The number of aromatic nitrogens is 1. The third-order valence-corrected chi connectivity index (χ3v) is 3.78. The van der Waals surface area contributed by atoms with Crippen molar-refractivity contribution in [1.82, 2.24) is 10.1 Å². The van der Waals surface area contributed by atoms with E-state index < -0.39 is 11.9 Å². The minimum absolute atomic E-state index is 0.0582. The second-order valence-electron chi connectivity index (χ2n) is 5.71. The lowest BCUT2D eigenvalue weighted by Crippen LogP contribution is -2.14. The Hall–Kier alpha value is -2.78. The predicted octanol–water partition coefficient (Wildman–Crippen LogP) is 3.62. The van der Waals surface area contributed by atoms with Crippen molar-refractivity contribution in [1.29, 1.82) is 0 Å². The van der Waals surface area contributed by atoms with Crippen molar-refractivity contribution in [3.8, 4) is 5.88 Å². The zero-order chi connectivity index (χ0) is 21.4. The molecule has 0 fully saturated rings. The van der Waals surface area contributed by atoms with E-state index in [1.807, 2.05) is 0 Å². The summed E-state index contributed by atoms with van der Waals surface area (Å²) in [5, 5.41) is 4.27. The molecule has 0 bridgehead atoms. The summed E-state index contributed by atoms with van der Waals surface area (Å²) in [6.45, 7) is 1.60.